The molecular weight excluding hydrogens is 376 g/mol. The zero-order valence-electron chi connectivity index (χ0n) is 14.2. The first-order chi connectivity index (χ1) is 13.0. The predicted molar refractivity (Wildman–Crippen MR) is 98.0 cm³/mol. The third-order valence-corrected chi connectivity index (χ3v) is 3.64. The number of carbonyl (C=O) groups is 2. The molecular formula is C18H17ClN2O6. The number of ether oxygens (including phenoxy) is 2. The van der Waals surface area contributed by atoms with Crippen molar-refractivity contribution in [2.45, 2.75) is 6.42 Å². The molecule has 0 atom stereocenters. The van der Waals surface area contributed by atoms with Crippen molar-refractivity contribution in [2.75, 3.05) is 19.8 Å². The highest BCUT2D eigenvalue weighted by Crippen LogP contribution is 2.15. The van der Waals surface area contributed by atoms with E-state index >= 15 is 0 Å². The lowest BCUT2D eigenvalue weighted by atomic mass is 10.2. The molecule has 8 nitrogen and oxygen atoms in total. The number of carbonyl (C=O) groups excluding carboxylic acids is 2. The number of benzene rings is 2. The van der Waals surface area contributed by atoms with Gasteiger partial charge in [0, 0.05) is 29.3 Å². The van der Waals surface area contributed by atoms with Gasteiger partial charge in [0.15, 0.2) is 0 Å². The first kappa shape index (κ1) is 20.2. The Balaban J connectivity index is 1.61. The molecule has 0 spiro atoms. The van der Waals surface area contributed by atoms with Crippen LogP contribution in [-0.2, 0) is 9.53 Å². The minimum atomic E-state index is -0.547. The fourth-order valence-corrected chi connectivity index (χ4v) is 2.16. The SMILES string of the molecule is O=C(CCNC(=O)c1ccc([N+](=O)[O-])cc1)OCCOc1ccc(Cl)cc1. The van der Waals surface area contributed by atoms with E-state index in [0.717, 1.165) is 0 Å². The summed E-state index contributed by atoms with van der Waals surface area (Å²) in [5.74, 6) is -0.284. The number of nitro benzene ring substituents is 1. The lowest BCUT2D eigenvalue weighted by molar-refractivity contribution is -0.384. The van der Waals surface area contributed by atoms with Crippen LogP contribution in [0.15, 0.2) is 48.5 Å². The van der Waals surface area contributed by atoms with Crippen LogP contribution in [0.5, 0.6) is 5.75 Å². The summed E-state index contributed by atoms with van der Waals surface area (Å²) in [5, 5.41) is 13.7. The van der Waals surface area contributed by atoms with E-state index in [2.05, 4.69) is 5.32 Å². The quantitative estimate of drug-likeness (QED) is 0.304. The van der Waals surface area contributed by atoms with Gasteiger partial charge in [-0.2, -0.15) is 0 Å². The van der Waals surface area contributed by atoms with E-state index in [9.17, 15) is 19.7 Å². The van der Waals surface area contributed by atoms with Crippen LogP contribution >= 0.6 is 11.6 Å². The lowest BCUT2D eigenvalue weighted by Crippen LogP contribution is -2.26. The Morgan fingerprint density at radius 1 is 1.04 bits per heavy atom. The average Bonchev–Trinajstić information content (AvgIpc) is 2.66. The molecule has 2 rings (SSSR count). The Morgan fingerprint density at radius 2 is 1.70 bits per heavy atom. The predicted octanol–water partition coefficient (Wildman–Crippen LogP) is 2.99. The molecule has 0 fully saturated rings. The van der Waals surface area contributed by atoms with Crippen molar-refractivity contribution in [3.8, 4) is 5.75 Å². The molecule has 0 saturated carbocycles. The molecule has 1 amide bonds. The Labute approximate surface area is 160 Å². The van der Waals surface area contributed by atoms with Crippen LogP contribution in [0.1, 0.15) is 16.8 Å². The normalized spacial score (nSPS) is 10.1. The molecule has 0 unspecified atom stereocenters. The van der Waals surface area contributed by atoms with Gasteiger partial charge < -0.3 is 14.8 Å². The van der Waals surface area contributed by atoms with Crippen molar-refractivity contribution in [3.05, 3.63) is 69.2 Å². The van der Waals surface area contributed by atoms with Gasteiger partial charge in [-0.15, -0.1) is 0 Å². The smallest absolute Gasteiger partial charge is 0.307 e. The molecule has 0 aromatic heterocycles. The van der Waals surface area contributed by atoms with Gasteiger partial charge in [-0.3, -0.25) is 19.7 Å². The number of nitrogens with one attached hydrogen (secondary N) is 1. The monoisotopic (exact) mass is 392 g/mol. The maximum atomic E-state index is 11.9. The summed E-state index contributed by atoms with van der Waals surface area (Å²) in [6.07, 6.45) is -0.000331. The number of halogens is 1. The second-order valence-corrected chi connectivity index (χ2v) is 5.77. The Bertz CT molecular complexity index is 793. The molecule has 2 aromatic rings. The van der Waals surface area contributed by atoms with Crippen molar-refractivity contribution < 1.29 is 24.0 Å². The maximum absolute atomic E-state index is 11.9. The molecule has 9 heteroatoms. The second kappa shape index (κ2) is 10.1. The van der Waals surface area contributed by atoms with Crippen LogP contribution in [0.4, 0.5) is 5.69 Å². The number of hydrogen-bond acceptors (Lipinski definition) is 6. The molecule has 0 radical (unpaired) electrons. The lowest BCUT2D eigenvalue weighted by Gasteiger charge is -2.08. The van der Waals surface area contributed by atoms with Gasteiger partial charge in [0.1, 0.15) is 19.0 Å². The summed E-state index contributed by atoms with van der Waals surface area (Å²) in [4.78, 5) is 33.5. The molecule has 0 aliphatic carbocycles. The Kier molecular flexibility index (Phi) is 7.57. The van der Waals surface area contributed by atoms with Crippen LogP contribution in [0.25, 0.3) is 0 Å². The highest BCUT2D eigenvalue weighted by atomic mass is 35.5. The van der Waals surface area contributed by atoms with Crippen LogP contribution < -0.4 is 10.1 Å². The summed E-state index contributed by atoms with van der Waals surface area (Å²) < 4.78 is 10.4. The number of hydrogen-bond donors (Lipinski definition) is 1. The number of nitrogens with zero attached hydrogens (tertiary/aromatic N) is 1. The first-order valence-corrected chi connectivity index (χ1v) is 8.40. The largest absolute Gasteiger partial charge is 0.490 e. The number of amides is 1. The Hall–Kier alpha value is -3.13. The van der Waals surface area contributed by atoms with Gasteiger partial charge in [-0.05, 0) is 36.4 Å². The zero-order chi connectivity index (χ0) is 19.6. The molecule has 0 aliphatic heterocycles. The Morgan fingerprint density at radius 3 is 2.33 bits per heavy atom. The number of rotatable bonds is 9. The van der Waals surface area contributed by atoms with E-state index in [1.165, 1.54) is 24.3 Å². The third kappa shape index (κ3) is 6.95. The number of esters is 1. The second-order valence-electron chi connectivity index (χ2n) is 5.33. The molecule has 1 N–H and O–H groups in total. The summed E-state index contributed by atoms with van der Waals surface area (Å²) in [6.45, 7) is 0.368. The van der Waals surface area contributed by atoms with Crippen molar-refractivity contribution in [1.82, 2.24) is 5.32 Å². The average molecular weight is 393 g/mol. The molecule has 0 heterocycles. The number of nitro groups is 1. The fourth-order valence-electron chi connectivity index (χ4n) is 2.03. The fraction of sp³-hybridized carbons (Fsp3) is 0.222. The van der Waals surface area contributed by atoms with Crippen LogP contribution in [0, 0.1) is 10.1 Å². The molecule has 142 valence electrons. The van der Waals surface area contributed by atoms with Gasteiger partial charge in [0.25, 0.3) is 11.6 Å². The van der Waals surface area contributed by atoms with Crippen molar-refractivity contribution in [2.24, 2.45) is 0 Å². The van der Waals surface area contributed by atoms with Crippen LogP contribution in [-0.4, -0.2) is 36.6 Å². The summed E-state index contributed by atoms with van der Waals surface area (Å²) >= 11 is 5.76. The topological polar surface area (TPSA) is 108 Å². The van der Waals surface area contributed by atoms with Gasteiger partial charge >= 0.3 is 5.97 Å². The first-order valence-electron chi connectivity index (χ1n) is 8.02. The molecule has 27 heavy (non-hydrogen) atoms. The van der Waals surface area contributed by atoms with Crippen LogP contribution in [0.2, 0.25) is 5.02 Å². The standard InChI is InChI=1S/C18H17ClN2O6/c19-14-3-7-16(8-4-14)26-11-12-27-17(22)9-10-20-18(23)13-1-5-15(6-2-13)21(24)25/h1-8H,9-12H2,(H,20,23). The van der Waals surface area contributed by atoms with Gasteiger partial charge in [0.2, 0.25) is 0 Å². The number of non-ortho nitro benzene ring substituents is 1. The van der Waals surface area contributed by atoms with Crippen molar-refractivity contribution in [3.63, 3.8) is 0 Å². The molecule has 2 aromatic carbocycles. The minimum Gasteiger partial charge on any atom is -0.490 e. The zero-order valence-corrected chi connectivity index (χ0v) is 15.0. The molecule has 0 saturated heterocycles. The van der Waals surface area contributed by atoms with E-state index in [0.29, 0.717) is 10.8 Å². The van der Waals surface area contributed by atoms with E-state index in [1.807, 2.05) is 0 Å². The highest BCUT2D eigenvalue weighted by molar-refractivity contribution is 6.30. The van der Waals surface area contributed by atoms with E-state index < -0.39 is 16.8 Å². The summed E-state index contributed by atoms with van der Waals surface area (Å²) in [5.41, 5.74) is 0.168. The van der Waals surface area contributed by atoms with Gasteiger partial charge in [0.05, 0.1) is 11.3 Å². The summed E-state index contributed by atoms with van der Waals surface area (Å²) in [7, 11) is 0. The third-order valence-electron chi connectivity index (χ3n) is 3.38. The van der Waals surface area contributed by atoms with E-state index in [-0.39, 0.29) is 37.4 Å². The maximum Gasteiger partial charge on any atom is 0.307 e. The molecule has 0 bridgehead atoms. The summed E-state index contributed by atoms with van der Waals surface area (Å²) in [6, 6.07) is 12.0. The highest BCUT2D eigenvalue weighted by Gasteiger charge is 2.10. The van der Waals surface area contributed by atoms with Crippen LogP contribution in [0.3, 0.4) is 0 Å². The minimum absolute atomic E-state index is 0.000331. The van der Waals surface area contributed by atoms with Crippen molar-refractivity contribution in [1.29, 1.82) is 0 Å². The van der Waals surface area contributed by atoms with Gasteiger partial charge in [-0.1, -0.05) is 11.6 Å². The van der Waals surface area contributed by atoms with Gasteiger partial charge in [-0.25, -0.2) is 0 Å². The van der Waals surface area contributed by atoms with Crippen molar-refractivity contribution >= 4 is 29.2 Å². The van der Waals surface area contributed by atoms with E-state index in [1.54, 1.807) is 24.3 Å². The molecule has 0 aliphatic rings. The van der Waals surface area contributed by atoms with E-state index in [4.69, 9.17) is 21.1 Å².